The summed E-state index contributed by atoms with van der Waals surface area (Å²) in [6.07, 6.45) is 1.50. The third-order valence-electron chi connectivity index (χ3n) is 4.14. The quantitative estimate of drug-likeness (QED) is 0.677. The van der Waals surface area contributed by atoms with Crippen molar-refractivity contribution in [3.8, 4) is 0 Å². The van der Waals surface area contributed by atoms with Crippen molar-refractivity contribution in [2.24, 2.45) is 5.92 Å². The highest BCUT2D eigenvalue weighted by atomic mass is 16.5. The summed E-state index contributed by atoms with van der Waals surface area (Å²) in [5.74, 6) is -0.152. The molecule has 17 heavy (non-hydrogen) atoms. The Morgan fingerprint density at radius 3 is 2.53 bits per heavy atom. The molecule has 4 nitrogen and oxygen atoms in total. The first kappa shape index (κ1) is 12.5. The summed E-state index contributed by atoms with van der Waals surface area (Å²) in [5.41, 5.74) is -0.117. The molecule has 0 spiro atoms. The minimum atomic E-state index is -0.694. The first-order valence-electron chi connectivity index (χ1n) is 6.07. The van der Waals surface area contributed by atoms with E-state index in [0.717, 1.165) is 0 Å². The Balaban J connectivity index is 2.34. The van der Waals surface area contributed by atoms with Crippen molar-refractivity contribution in [1.29, 1.82) is 0 Å². The van der Waals surface area contributed by atoms with Gasteiger partial charge in [0.1, 0.15) is 0 Å². The topological polar surface area (TPSA) is 46.6 Å². The van der Waals surface area contributed by atoms with Gasteiger partial charge in [0.2, 0.25) is 0 Å². The van der Waals surface area contributed by atoms with Crippen molar-refractivity contribution >= 4 is 11.6 Å². The van der Waals surface area contributed by atoms with E-state index in [9.17, 15) is 9.59 Å². The van der Waals surface area contributed by atoms with Gasteiger partial charge in [0.05, 0.1) is 18.8 Å². The van der Waals surface area contributed by atoms with Gasteiger partial charge in [0.25, 0.3) is 0 Å². The van der Waals surface area contributed by atoms with Crippen LogP contribution in [0.5, 0.6) is 0 Å². The average Bonchev–Trinajstić information content (AvgIpc) is 2.35. The second kappa shape index (κ2) is 4.35. The van der Waals surface area contributed by atoms with Crippen LogP contribution in [-0.4, -0.2) is 48.3 Å². The highest BCUT2D eigenvalue weighted by Crippen LogP contribution is 2.33. The molecule has 1 fully saturated rings. The standard InChI is InChI=1S/C13H19NO3/c1-9-8-11(15)13(3,10(2)12(9)16)14-4-6-17-7-5-14/h8,10H,4-7H2,1-3H3. The molecule has 1 heterocycles. The molecule has 0 aromatic heterocycles. The van der Waals surface area contributed by atoms with Crippen molar-refractivity contribution in [3.05, 3.63) is 11.6 Å². The van der Waals surface area contributed by atoms with Crippen LogP contribution >= 0.6 is 0 Å². The number of allylic oxidation sites excluding steroid dienone is 1. The molecule has 2 atom stereocenters. The first-order valence-corrected chi connectivity index (χ1v) is 6.07. The molecule has 2 rings (SSSR count). The van der Waals surface area contributed by atoms with Crippen LogP contribution in [-0.2, 0) is 14.3 Å². The van der Waals surface area contributed by atoms with E-state index in [1.807, 2.05) is 13.8 Å². The van der Waals surface area contributed by atoms with Crippen molar-refractivity contribution in [2.75, 3.05) is 26.3 Å². The summed E-state index contributed by atoms with van der Waals surface area (Å²) < 4.78 is 5.30. The summed E-state index contributed by atoms with van der Waals surface area (Å²) >= 11 is 0. The van der Waals surface area contributed by atoms with Gasteiger partial charge in [-0.05, 0) is 25.5 Å². The van der Waals surface area contributed by atoms with Gasteiger partial charge in [-0.15, -0.1) is 0 Å². The molecular formula is C13H19NO3. The fourth-order valence-corrected chi connectivity index (χ4v) is 2.68. The molecule has 0 amide bonds. The minimum absolute atomic E-state index is 0.0454. The SMILES string of the molecule is CC1=CC(=O)C(C)(N2CCOCC2)C(C)C1=O. The number of ether oxygens (including phenoxy) is 1. The average molecular weight is 237 g/mol. The molecule has 1 aliphatic heterocycles. The predicted octanol–water partition coefficient (Wildman–Crippen LogP) is 0.812. The second-order valence-electron chi connectivity index (χ2n) is 5.02. The van der Waals surface area contributed by atoms with Crippen LogP contribution in [0, 0.1) is 5.92 Å². The van der Waals surface area contributed by atoms with Gasteiger partial charge >= 0.3 is 0 Å². The molecule has 0 N–H and O–H groups in total. The lowest BCUT2D eigenvalue weighted by atomic mass is 9.72. The molecule has 0 saturated carbocycles. The Labute approximate surface area is 102 Å². The molecule has 2 unspecified atom stereocenters. The molecule has 94 valence electrons. The van der Waals surface area contributed by atoms with Gasteiger partial charge < -0.3 is 4.74 Å². The fourth-order valence-electron chi connectivity index (χ4n) is 2.68. The largest absolute Gasteiger partial charge is 0.379 e. The van der Waals surface area contributed by atoms with Gasteiger partial charge in [0, 0.05) is 19.0 Å². The Morgan fingerprint density at radius 2 is 1.94 bits per heavy atom. The zero-order valence-corrected chi connectivity index (χ0v) is 10.7. The summed E-state index contributed by atoms with van der Waals surface area (Å²) in [4.78, 5) is 26.4. The number of ketones is 2. The number of hydrogen-bond acceptors (Lipinski definition) is 4. The van der Waals surface area contributed by atoms with Crippen LogP contribution < -0.4 is 0 Å². The van der Waals surface area contributed by atoms with Crippen LogP contribution in [0.1, 0.15) is 20.8 Å². The number of rotatable bonds is 1. The Hall–Kier alpha value is -1.00. The minimum Gasteiger partial charge on any atom is -0.379 e. The van der Waals surface area contributed by atoms with Crippen LogP contribution in [0.3, 0.4) is 0 Å². The van der Waals surface area contributed by atoms with Gasteiger partial charge in [0.15, 0.2) is 11.6 Å². The highest BCUT2D eigenvalue weighted by molar-refractivity contribution is 6.13. The third kappa shape index (κ3) is 1.85. The van der Waals surface area contributed by atoms with E-state index < -0.39 is 5.54 Å². The Morgan fingerprint density at radius 1 is 1.35 bits per heavy atom. The van der Waals surface area contributed by atoms with Crippen molar-refractivity contribution in [2.45, 2.75) is 26.3 Å². The number of carbonyl (C=O) groups is 2. The molecular weight excluding hydrogens is 218 g/mol. The maximum atomic E-state index is 12.3. The third-order valence-corrected chi connectivity index (χ3v) is 4.14. The normalized spacial score (nSPS) is 35.9. The maximum Gasteiger partial charge on any atom is 0.176 e. The second-order valence-corrected chi connectivity index (χ2v) is 5.02. The molecule has 0 radical (unpaired) electrons. The monoisotopic (exact) mass is 237 g/mol. The number of morpholine rings is 1. The summed E-state index contributed by atoms with van der Waals surface area (Å²) in [7, 11) is 0. The van der Waals surface area contributed by atoms with Crippen molar-refractivity contribution in [1.82, 2.24) is 4.90 Å². The van der Waals surface area contributed by atoms with E-state index in [-0.39, 0.29) is 17.5 Å². The molecule has 0 aromatic rings. The molecule has 0 bridgehead atoms. The van der Waals surface area contributed by atoms with Crippen molar-refractivity contribution in [3.63, 3.8) is 0 Å². The van der Waals surface area contributed by atoms with Gasteiger partial charge in [-0.25, -0.2) is 0 Å². The Kier molecular flexibility index (Phi) is 3.19. The lowest BCUT2D eigenvalue weighted by molar-refractivity contribution is -0.141. The van der Waals surface area contributed by atoms with E-state index in [0.29, 0.717) is 31.9 Å². The predicted molar refractivity (Wildman–Crippen MR) is 63.7 cm³/mol. The van der Waals surface area contributed by atoms with Crippen LogP contribution in [0.2, 0.25) is 0 Å². The van der Waals surface area contributed by atoms with E-state index >= 15 is 0 Å². The number of nitrogens with zero attached hydrogens (tertiary/aromatic N) is 1. The van der Waals surface area contributed by atoms with E-state index in [2.05, 4.69) is 4.90 Å². The van der Waals surface area contributed by atoms with E-state index in [1.54, 1.807) is 6.92 Å². The van der Waals surface area contributed by atoms with Crippen LogP contribution in [0.4, 0.5) is 0 Å². The van der Waals surface area contributed by atoms with Crippen LogP contribution in [0.15, 0.2) is 11.6 Å². The van der Waals surface area contributed by atoms with E-state index in [4.69, 9.17) is 4.74 Å². The summed E-state index contributed by atoms with van der Waals surface area (Å²) in [5, 5.41) is 0. The zero-order valence-electron chi connectivity index (χ0n) is 10.7. The van der Waals surface area contributed by atoms with Gasteiger partial charge in [-0.2, -0.15) is 0 Å². The molecule has 2 aliphatic rings. The summed E-state index contributed by atoms with van der Waals surface area (Å²) in [6.45, 7) is 8.15. The number of Topliss-reactive ketones (excluding diaryl/α,β-unsaturated/α-hetero) is 1. The number of hydrogen-bond donors (Lipinski definition) is 0. The molecule has 1 aliphatic carbocycles. The molecule has 4 heteroatoms. The van der Waals surface area contributed by atoms with E-state index in [1.165, 1.54) is 6.08 Å². The molecule has 1 saturated heterocycles. The fraction of sp³-hybridized carbons (Fsp3) is 0.692. The zero-order chi connectivity index (χ0) is 12.6. The van der Waals surface area contributed by atoms with Crippen LogP contribution in [0.25, 0.3) is 0 Å². The smallest absolute Gasteiger partial charge is 0.176 e. The lowest BCUT2D eigenvalue weighted by Gasteiger charge is -2.46. The highest BCUT2D eigenvalue weighted by Gasteiger charge is 2.49. The van der Waals surface area contributed by atoms with Gasteiger partial charge in [-0.3, -0.25) is 14.5 Å². The van der Waals surface area contributed by atoms with Gasteiger partial charge in [-0.1, -0.05) is 6.92 Å². The molecule has 0 aromatic carbocycles. The number of carbonyl (C=O) groups excluding carboxylic acids is 2. The maximum absolute atomic E-state index is 12.3. The van der Waals surface area contributed by atoms with Crippen molar-refractivity contribution < 1.29 is 14.3 Å². The Bertz CT molecular complexity index is 382. The summed E-state index contributed by atoms with van der Waals surface area (Å²) in [6, 6.07) is 0. The lowest BCUT2D eigenvalue weighted by Crippen LogP contribution is -2.62. The first-order chi connectivity index (χ1) is 7.98.